The van der Waals surface area contributed by atoms with E-state index in [1.54, 1.807) is 14.0 Å². The summed E-state index contributed by atoms with van der Waals surface area (Å²) in [5, 5.41) is 0.0728. The molecule has 0 bridgehead atoms. The standard InChI is InChI=1S/C34H62O8Si2/c1-16-37-31(35)30-29(39-34(9,10)40-30)22-27(38-23-25-17-19-26(36-11)20-18-25)21-28(42-44(14,15)33(6,7)8)24(2)41-43(12,13)32(3,4)5/h17-20,24,27-30H,16,21-23H2,1-15H3/t24-,27-,28-,29-,30+/m1/s1. The van der Waals surface area contributed by atoms with Crippen molar-refractivity contribution in [1.29, 1.82) is 0 Å². The molecule has 254 valence electrons. The summed E-state index contributed by atoms with van der Waals surface area (Å²) in [6, 6.07) is 7.86. The van der Waals surface area contributed by atoms with E-state index in [9.17, 15) is 4.79 Å². The SMILES string of the molecule is CCOC(=O)[C@H]1OC(C)(C)O[C@@H]1C[C@@H](C[C@@H](O[Si](C)(C)C(C)(C)C)[C@@H](C)O[Si](C)(C)C(C)(C)C)OCc1ccc(OC)cc1. The topological polar surface area (TPSA) is 81.7 Å². The molecular formula is C34H62O8Si2. The normalized spacial score (nSPS) is 21.5. The van der Waals surface area contributed by atoms with Gasteiger partial charge in [0, 0.05) is 12.8 Å². The Labute approximate surface area is 270 Å². The molecule has 0 radical (unpaired) electrons. The summed E-state index contributed by atoms with van der Waals surface area (Å²) in [4.78, 5) is 12.9. The van der Waals surface area contributed by atoms with Gasteiger partial charge in [-0.25, -0.2) is 4.79 Å². The van der Waals surface area contributed by atoms with Gasteiger partial charge in [-0.05, 0) is 81.7 Å². The van der Waals surface area contributed by atoms with E-state index in [-0.39, 0.29) is 35.0 Å². The van der Waals surface area contributed by atoms with Crippen LogP contribution in [-0.4, -0.2) is 72.6 Å². The molecular weight excluding hydrogens is 593 g/mol. The smallest absolute Gasteiger partial charge is 0.338 e. The van der Waals surface area contributed by atoms with Crippen LogP contribution in [0.2, 0.25) is 36.3 Å². The Balaban J connectivity index is 2.45. The van der Waals surface area contributed by atoms with Crippen LogP contribution in [0.5, 0.6) is 5.75 Å². The lowest BCUT2D eigenvalue weighted by Gasteiger charge is -2.45. The number of benzene rings is 1. The molecule has 2 rings (SSSR count). The van der Waals surface area contributed by atoms with E-state index in [1.165, 1.54) is 0 Å². The Bertz CT molecular complexity index is 1040. The van der Waals surface area contributed by atoms with Crippen molar-refractivity contribution in [3.63, 3.8) is 0 Å². The quantitative estimate of drug-likeness (QED) is 0.138. The van der Waals surface area contributed by atoms with Crippen LogP contribution in [0.4, 0.5) is 0 Å². The van der Waals surface area contributed by atoms with Crippen molar-refractivity contribution in [3.8, 4) is 5.75 Å². The van der Waals surface area contributed by atoms with Crippen LogP contribution in [0.25, 0.3) is 0 Å². The molecule has 0 aliphatic carbocycles. The fraction of sp³-hybridized carbons (Fsp3) is 0.794. The van der Waals surface area contributed by atoms with Crippen molar-refractivity contribution in [2.45, 2.75) is 161 Å². The highest BCUT2D eigenvalue weighted by molar-refractivity contribution is 6.74. The number of carbonyl (C=O) groups excluding carboxylic acids is 1. The Kier molecular flexibility index (Phi) is 13.3. The third-order valence-corrected chi connectivity index (χ3v) is 18.5. The number of carbonyl (C=O) groups is 1. The Morgan fingerprint density at radius 3 is 1.98 bits per heavy atom. The highest BCUT2D eigenvalue weighted by Gasteiger charge is 2.48. The van der Waals surface area contributed by atoms with Crippen LogP contribution in [0.1, 0.15) is 87.6 Å². The van der Waals surface area contributed by atoms with Crippen molar-refractivity contribution < 1.29 is 37.3 Å². The van der Waals surface area contributed by atoms with Gasteiger partial charge in [-0.2, -0.15) is 0 Å². The van der Waals surface area contributed by atoms with Crippen molar-refractivity contribution in [1.82, 2.24) is 0 Å². The molecule has 8 nitrogen and oxygen atoms in total. The molecule has 1 aromatic rings. The lowest BCUT2D eigenvalue weighted by atomic mass is 9.99. The zero-order chi connectivity index (χ0) is 33.7. The first-order valence-electron chi connectivity index (χ1n) is 16.1. The summed E-state index contributed by atoms with van der Waals surface area (Å²) in [5.41, 5.74) is 1.02. The van der Waals surface area contributed by atoms with Crippen LogP contribution >= 0.6 is 0 Å². The number of rotatable bonds is 15. The van der Waals surface area contributed by atoms with Gasteiger partial charge < -0.3 is 32.5 Å². The molecule has 5 atom stereocenters. The highest BCUT2D eigenvalue weighted by atomic mass is 28.4. The first kappa shape index (κ1) is 38.9. The molecule has 0 aromatic heterocycles. The fourth-order valence-corrected chi connectivity index (χ4v) is 7.56. The molecule has 10 heteroatoms. The number of hydrogen-bond acceptors (Lipinski definition) is 8. The molecule has 0 unspecified atom stereocenters. The maximum atomic E-state index is 12.9. The summed E-state index contributed by atoms with van der Waals surface area (Å²) in [6.07, 6.45) is -1.04. The Hall–Kier alpha value is -1.28. The number of hydrogen-bond donors (Lipinski definition) is 0. The predicted octanol–water partition coefficient (Wildman–Crippen LogP) is 8.24. The lowest BCUT2D eigenvalue weighted by molar-refractivity contribution is -0.170. The highest BCUT2D eigenvalue weighted by Crippen LogP contribution is 2.42. The summed E-state index contributed by atoms with van der Waals surface area (Å²) in [7, 11) is -2.63. The molecule has 1 aromatic carbocycles. The molecule has 1 saturated heterocycles. The Morgan fingerprint density at radius 2 is 1.48 bits per heavy atom. The second kappa shape index (κ2) is 15.1. The van der Waals surface area contributed by atoms with Gasteiger partial charge in [0.2, 0.25) is 0 Å². The van der Waals surface area contributed by atoms with Crippen LogP contribution < -0.4 is 4.74 Å². The fourth-order valence-electron chi connectivity index (χ4n) is 4.73. The van der Waals surface area contributed by atoms with E-state index in [0.29, 0.717) is 19.4 Å². The number of ether oxygens (including phenoxy) is 5. The molecule has 1 heterocycles. The Morgan fingerprint density at radius 1 is 0.932 bits per heavy atom. The average molecular weight is 655 g/mol. The van der Waals surface area contributed by atoms with Gasteiger partial charge in [-0.15, -0.1) is 0 Å². The number of esters is 1. The van der Waals surface area contributed by atoms with Gasteiger partial charge >= 0.3 is 5.97 Å². The van der Waals surface area contributed by atoms with Gasteiger partial charge in [0.05, 0.1) is 38.6 Å². The second-order valence-corrected chi connectivity index (χ2v) is 25.1. The van der Waals surface area contributed by atoms with Gasteiger partial charge in [0.15, 0.2) is 28.5 Å². The molecule has 1 aliphatic heterocycles. The minimum absolute atomic E-state index is 0.0167. The molecule has 44 heavy (non-hydrogen) atoms. The largest absolute Gasteiger partial charge is 0.497 e. The van der Waals surface area contributed by atoms with Crippen molar-refractivity contribution in [2.75, 3.05) is 13.7 Å². The summed E-state index contributed by atoms with van der Waals surface area (Å²) >= 11 is 0. The zero-order valence-electron chi connectivity index (χ0n) is 30.3. The monoisotopic (exact) mass is 654 g/mol. The van der Waals surface area contributed by atoms with Crippen molar-refractivity contribution in [2.24, 2.45) is 0 Å². The number of methoxy groups -OCH3 is 1. The second-order valence-electron chi connectivity index (χ2n) is 15.6. The predicted molar refractivity (Wildman–Crippen MR) is 181 cm³/mol. The summed E-state index contributed by atoms with van der Waals surface area (Å²) < 4.78 is 43.8. The van der Waals surface area contributed by atoms with E-state index in [1.807, 2.05) is 38.1 Å². The maximum absolute atomic E-state index is 12.9. The van der Waals surface area contributed by atoms with Crippen molar-refractivity contribution in [3.05, 3.63) is 29.8 Å². The van der Waals surface area contributed by atoms with E-state index in [0.717, 1.165) is 11.3 Å². The van der Waals surface area contributed by atoms with Crippen molar-refractivity contribution >= 4 is 22.6 Å². The third-order valence-electron chi connectivity index (χ3n) is 9.40. The zero-order valence-corrected chi connectivity index (χ0v) is 32.3. The van der Waals surface area contributed by atoms with Gasteiger partial charge in [0.1, 0.15) is 11.9 Å². The van der Waals surface area contributed by atoms with Crippen LogP contribution in [-0.2, 0) is 39.2 Å². The van der Waals surface area contributed by atoms with E-state index in [2.05, 4.69) is 74.7 Å². The molecule has 0 N–H and O–H groups in total. The maximum Gasteiger partial charge on any atom is 0.338 e. The first-order chi connectivity index (χ1) is 20.0. The van der Waals surface area contributed by atoms with E-state index >= 15 is 0 Å². The molecule has 1 fully saturated rings. The van der Waals surface area contributed by atoms with Gasteiger partial charge in [0.25, 0.3) is 0 Å². The van der Waals surface area contributed by atoms with Crippen LogP contribution in [0.15, 0.2) is 24.3 Å². The summed E-state index contributed by atoms with van der Waals surface area (Å²) in [6.45, 7) is 30.9. The average Bonchev–Trinajstić information content (AvgIpc) is 3.19. The lowest BCUT2D eigenvalue weighted by Crippen LogP contribution is -2.52. The third kappa shape index (κ3) is 10.9. The molecule has 1 aliphatic rings. The van der Waals surface area contributed by atoms with E-state index < -0.39 is 40.6 Å². The minimum Gasteiger partial charge on any atom is -0.497 e. The molecule has 0 spiro atoms. The van der Waals surface area contributed by atoms with Gasteiger partial charge in [-0.3, -0.25) is 0 Å². The summed E-state index contributed by atoms with van der Waals surface area (Å²) in [5.74, 6) is -0.542. The first-order valence-corrected chi connectivity index (χ1v) is 22.0. The molecule has 0 saturated carbocycles. The minimum atomic E-state index is -2.19. The van der Waals surface area contributed by atoms with Crippen LogP contribution in [0, 0.1) is 0 Å². The van der Waals surface area contributed by atoms with Gasteiger partial charge in [-0.1, -0.05) is 53.7 Å². The molecule has 0 amide bonds. The van der Waals surface area contributed by atoms with E-state index in [4.69, 9.17) is 32.5 Å². The van der Waals surface area contributed by atoms with Crippen LogP contribution in [0.3, 0.4) is 0 Å².